The van der Waals surface area contributed by atoms with Gasteiger partial charge in [-0.1, -0.05) is 84.9 Å². The largest absolute Gasteiger partial charge is 0.456 e. The first-order valence-electron chi connectivity index (χ1n) is 22.9. The van der Waals surface area contributed by atoms with Crippen LogP contribution in [0.3, 0.4) is 0 Å². The maximum absolute atomic E-state index is 6.78. The summed E-state index contributed by atoms with van der Waals surface area (Å²) in [4.78, 5) is 4.60. The molecular formula is C62H36N2O4. The van der Waals surface area contributed by atoms with Gasteiger partial charge in [-0.05, 0) is 138 Å². The zero-order valence-corrected chi connectivity index (χ0v) is 36.3. The van der Waals surface area contributed by atoms with Crippen molar-refractivity contribution in [1.82, 2.24) is 0 Å². The van der Waals surface area contributed by atoms with Crippen molar-refractivity contribution in [2.24, 2.45) is 0 Å². The van der Waals surface area contributed by atoms with Crippen LogP contribution in [-0.2, 0) is 0 Å². The molecule has 0 aliphatic carbocycles. The van der Waals surface area contributed by atoms with E-state index in [1.165, 1.54) is 0 Å². The Balaban J connectivity index is 0.822. The summed E-state index contributed by atoms with van der Waals surface area (Å²) >= 11 is 0. The van der Waals surface area contributed by atoms with E-state index in [2.05, 4.69) is 204 Å². The van der Waals surface area contributed by atoms with Crippen molar-refractivity contribution in [3.8, 4) is 0 Å². The van der Waals surface area contributed by atoms with Gasteiger partial charge in [0, 0.05) is 94.1 Å². The summed E-state index contributed by atoms with van der Waals surface area (Å²) in [6.45, 7) is 0. The molecule has 11 aromatic carbocycles. The van der Waals surface area contributed by atoms with Gasteiger partial charge in [-0.2, -0.15) is 0 Å². The molecule has 0 saturated heterocycles. The van der Waals surface area contributed by atoms with Crippen molar-refractivity contribution >= 4 is 143 Å². The van der Waals surface area contributed by atoms with Crippen LogP contribution in [0.4, 0.5) is 34.1 Å². The highest BCUT2D eigenvalue weighted by molar-refractivity contribution is 6.22. The Morgan fingerprint density at radius 1 is 0.206 bits per heavy atom. The number of anilines is 6. The minimum Gasteiger partial charge on any atom is -0.456 e. The molecule has 318 valence electrons. The Hall–Kier alpha value is -9.26. The zero-order valence-electron chi connectivity index (χ0n) is 36.3. The third kappa shape index (κ3) is 5.52. The highest BCUT2D eigenvalue weighted by Crippen LogP contribution is 2.45. The second-order valence-corrected chi connectivity index (χ2v) is 17.6. The third-order valence-corrected chi connectivity index (χ3v) is 13.8. The average Bonchev–Trinajstić information content (AvgIpc) is 4.16. The quantitative estimate of drug-likeness (QED) is 0.166. The monoisotopic (exact) mass is 872 g/mol. The van der Waals surface area contributed by atoms with Crippen molar-refractivity contribution < 1.29 is 17.7 Å². The van der Waals surface area contributed by atoms with Crippen molar-refractivity contribution in [2.75, 3.05) is 9.80 Å². The molecule has 0 saturated carbocycles. The van der Waals surface area contributed by atoms with Crippen LogP contribution in [0, 0.1) is 0 Å². The SMILES string of the molecule is c1ccc(N(c2ccc3c(ccc4c5cc6c(cc5oc34)oc3c4ccc(N(c5ccccc5)c5ccc7oc8ccccc8c7c5)cc4ccc63)c2)c2ccc3oc4ccccc4c3c2)cc1. The standard InChI is InChI=1S/C62H36N2O4/c1-3-11-39(12-4-1)63(43-23-29-57-51(33-43)47-15-7-9-17-55(47)65-57)41-21-27-45-37(31-41)19-25-49-53-35-54-50-26-20-38-32-42(22-28-46(38)62(50)68-60(54)36-59(53)67-61(45)49)64(40-13-5-2-6-14-40)44-24-30-58-52(34-44)48-16-8-10-18-56(48)66-58/h1-36H. The molecule has 0 fully saturated rings. The number of rotatable bonds is 6. The maximum atomic E-state index is 6.78. The Bertz CT molecular complexity index is 4230. The minimum atomic E-state index is 0.794. The molecule has 0 amide bonds. The molecule has 68 heavy (non-hydrogen) atoms. The summed E-state index contributed by atoms with van der Waals surface area (Å²) in [6.07, 6.45) is 0. The summed E-state index contributed by atoms with van der Waals surface area (Å²) in [6, 6.07) is 76.7. The van der Waals surface area contributed by atoms with Gasteiger partial charge in [0.2, 0.25) is 0 Å². The predicted octanol–water partition coefficient (Wildman–Crippen LogP) is 18.5. The normalized spacial score (nSPS) is 12.1. The smallest absolute Gasteiger partial charge is 0.143 e. The molecule has 6 nitrogen and oxygen atoms in total. The number of hydrogen-bond acceptors (Lipinski definition) is 6. The van der Waals surface area contributed by atoms with Crippen LogP contribution in [0.2, 0.25) is 0 Å². The number of para-hydroxylation sites is 4. The van der Waals surface area contributed by atoms with Gasteiger partial charge in [-0.25, -0.2) is 0 Å². The van der Waals surface area contributed by atoms with Gasteiger partial charge in [-0.3, -0.25) is 0 Å². The van der Waals surface area contributed by atoms with Gasteiger partial charge in [0.1, 0.15) is 44.7 Å². The number of furan rings is 4. The third-order valence-electron chi connectivity index (χ3n) is 13.8. The number of nitrogens with zero attached hydrogens (tertiary/aromatic N) is 2. The average molecular weight is 873 g/mol. The van der Waals surface area contributed by atoms with E-state index >= 15 is 0 Å². The zero-order chi connectivity index (χ0) is 44.5. The molecule has 0 aliphatic rings. The van der Waals surface area contributed by atoms with Crippen molar-refractivity contribution in [1.29, 1.82) is 0 Å². The Morgan fingerprint density at radius 2 is 0.588 bits per heavy atom. The van der Waals surface area contributed by atoms with E-state index in [-0.39, 0.29) is 0 Å². The molecule has 4 aromatic heterocycles. The number of fused-ring (bicyclic) bond motifs is 16. The maximum Gasteiger partial charge on any atom is 0.143 e. The highest BCUT2D eigenvalue weighted by atomic mass is 16.3. The van der Waals surface area contributed by atoms with Crippen LogP contribution < -0.4 is 9.80 Å². The van der Waals surface area contributed by atoms with E-state index < -0.39 is 0 Å². The van der Waals surface area contributed by atoms with E-state index in [1.807, 2.05) is 24.3 Å². The molecule has 0 atom stereocenters. The summed E-state index contributed by atoms with van der Waals surface area (Å²) in [5, 5.41) is 12.9. The van der Waals surface area contributed by atoms with E-state index in [4.69, 9.17) is 17.7 Å². The van der Waals surface area contributed by atoms with Gasteiger partial charge < -0.3 is 27.5 Å². The van der Waals surface area contributed by atoms with Crippen molar-refractivity contribution in [3.05, 3.63) is 218 Å². The summed E-state index contributed by atoms with van der Waals surface area (Å²) in [7, 11) is 0. The fourth-order valence-corrected chi connectivity index (χ4v) is 10.6. The molecular weight excluding hydrogens is 837 g/mol. The Morgan fingerprint density at radius 3 is 1.07 bits per heavy atom. The first-order chi connectivity index (χ1) is 33.7. The van der Waals surface area contributed by atoms with Crippen molar-refractivity contribution in [3.63, 3.8) is 0 Å². The van der Waals surface area contributed by atoms with Gasteiger partial charge in [0.05, 0.1) is 0 Å². The number of hydrogen-bond donors (Lipinski definition) is 0. The van der Waals surface area contributed by atoms with Crippen LogP contribution in [0.1, 0.15) is 0 Å². The van der Waals surface area contributed by atoms with Crippen LogP contribution in [-0.4, -0.2) is 0 Å². The lowest BCUT2D eigenvalue weighted by Crippen LogP contribution is -2.09. The lowest BCUT2D eigenvalue weighted by molar-refractivity contribution is 0.659. The molecule has 15 aromatic rings. The van der Waals surface area contributed by atoms with E-state index in [9.17, 15) is 0 Å². The van der Waals surface area contributed by atoms with Crippen LogP contribution in [0.5, 0.6) is 0 Å². The highest BCUT2D eigenvalue weighted by Gasteiger charge is 2.21. The van der Waals surface area contributed by atoms with Gasteiger partial charge in [-0.15, -0.1) is 0 Å². The second kappa shape index (κ2) is 14.1. The van der Waals surface area contributed by atoms with Gasteiger partial charge >= 0.3 is 0 Å². The lowest BCUT2D eigenvalue weighted by Gasteiger charge is -2.26. The van der Waals surface area contributed by atoms with Gasteiger partial charge in [0.25, 0.3) is 0 Å². The molecule has 15 rings (SSSR count). The van der Waals surface area contributed by atoms with E-state index in [0.29, 0.717) is 0 Å². The lowest BCUT2D eigenvalue weighted by atomic mass is 10.0. The van der Waals surface area contributed by atoms with E-state index in [1.54, 1.807) is 0 Å². The molecule has 0 N–H and O–H groups in total. The molecule has 0 radical (unpaired) electrons. The molecule has 4 heterocycles. The first kappa shape index (κ1) is 37.0. The first-order valence-corrected chi connectivity index (χ1v) is 22.9. The Kier molecular flexibility index (Phi) is 7.69. The van der Waals surface area contributed by atoms with Crippen LogP contribution in [0.15, 0.2) is 236 Å². The minimum absolute atomic E-state index is 0.794. The number of benzene rings is 11. The second-order valence-electron chi connectivity index (χ2n) is 17.6. The van der Waals surface area contributed by atoms with E-state index in [0.717, 1.165) is 143 Å². The topological polar surface area (TPSA) is 59.0 Å². The molecule has 6 heteroatoms. The van der Waals surface area contributed by atoms with Crippen molar-refractivity contribution in [2.45, 2.75) is 0 Å². The van der Waals surface area contributed by atoms with Crippen LogP contribution in [0.25, 0.3) is 109 Å². The summed E-state index contributed by atoms with van der Waals surface area (Å²) in [5.74, 6) is 0. The molecule has 0 spiro atoms. The van der Waals surface area contributed by atoms with Gasteiger partial charge in [0.15, 0.2) is 0 Å². The fraction of sp³-hybridized carbons (Fsp3) is 0. The summed E-state index contributed by atoms with van der Waals surface area (Å²) in [5.41, 5.74) is 13.2. The molecule has 0 unspecified atom stereocenters. The van der Waals surface area contributed by atoms with Crippen LogP contribution >= 0.6 is 0 Å². The Labute approximate surface area is 387 Å². The molecule has 0 aliphatic heterocycles. The molecule has 0 bridgehead atoms. The fourth-order valence-electron chi connectivity index (χ4n) is 10.6. The summed E-state index contributed by atoms with van der Waals surface area (Å²) < 4.78 is 26.0. The predicted molar refractivity (Wildman–Crippen MR) is 280 cm³/mol.